The molecule has 0 saturated heterocycles. The van der Waals surface area contributed by atoms with Gasteiger partial charge in [-0.1, -0.05) is 71.9 Å². The van der Waals surface area contributed by atoms with Crippen molar-refractivity contribution >= 4 is 39.2 Å². The Kier molecular flexibility index (Phi) is 7.07. The smallest absolute Gasteiger partial charge is 0.271 e. The van der Waals surface area contributed by atoms with E-state index in [1.807, 2.05) is 42.6 Å². The average molecular weight is 464 g/mol. The van der Waals surface area contributed by atoms with E-state index in [1.54, 1.807) is 7.05 Å². The predicted molar refractivity (Wildman–Crippen MR) is 134 cm³/mol. The highest BCUT2D eigenvalue weighted by atomic mass is 32.2. The van der Waals surface area contributed by atoms with Crippen LogP contribution in [0.15, 0.2) is 69.9 Å². The molecule has 0 aliphatic rings. The molecule has 4 rings (SSSR count). The molecule has 4 aromatic rings. The zero-order valence-corrected chi connectivity index (χ0v) is 19.8. The second-order valence-electron chi connectivity index (χ2n) is 7.68. The molecule has 0 spiro atoms. The van der Waals surface area contributed by atoms with E-state index < -0.39 is 0 Å². The number of thioether (sulfide) groups is 1. The summed E-state index contributed by atoms with van der Waals surface area (Å²) in [4.78, 5) is 29.9. The zero-order valence-electron chi connectivity index (χ0n) is 18.1. The lowest BCUT2D eigenvalue weighted by molar-refractivity contribution is -0.118. The number of carbonyl (C=O) groups is 1. The van der Waals surface area contributed by atoms with Crippen LogP contribution in [0.25, 0.3) is 21.3 Å². The lowest BCUT2D eigenvalue weighted by Gasteiger charge is -2.09. The fourth-order valence-corrected chi connectivity index (χ4v) is 5.22. The Labute approximate surface area is 195 Å². The summed E-state index contributed by atoms with van der Waals surface area (Å²) in [6, 6.07) is 18.4. The molecule has 1 N–H and O–H groups in total. The minimum atomic E-state index is -0.0795. The van der Waals surface area contributed by atoms with Gasteiger partial charge in [0.05, 0.1) is 11.3 Å². The molecule has 0 fully saturated rings. The second-order valence-corrected chi connectivity index (χ2v) is 9.50. The number of thiophene rings is 1. The van der Waals surface area contributed by atoms with E-state index in [9.17, 15) is 9.59 Å². The van der Waals surface area contributed by atoms with Gasteiger partial charge in [0.25, 0.3) is 5.56 Å². The van der Waals surface area contributed by atoms with Gasteiger partial charge in [0.15, 0.2) is 5.16 Å². The van der Waals surface area contributed by atoms with E-state index in [0.29, 0.717) is 21.9 Å². The Morgan fingerprint density at radius 2 is 1.88 bits per heavy atom. The minimum Gasteiger partial charge on any atom is -0.355 e. The van der Waals surface area contributed by atoms with Crippen LogP contribution in [-0.2, 0) is 18.3 Å². The molecule has 32 heavy (non-hydrogen) atoms. The summed E-state index contributed by atoms with van der Waals surface area (Å²) in [6.07, 6.45) is 1.82. The van der Waals surface area contributed by atoms with Gasteiger partial charge in [0.1, 0.15) is 4.70 Å². The first-order chi connectivity index (χ1) is 15.5. The highest BCUT2D eigenvalue weighted by Gasteiger charge is 2.16. The van der Waals surface area contributed by atoms with E-state index in [2.05, 4.69) is 29.6 Å². The number of nitrogens with one attached hydrogen (secondary N) is 1. The van der Waals surface area contributed by atoms with E-state index in [0.717, 1.165) is 24.0 Å². The third-order valence-corrected chi connectivity index (χ3v) is 7.25. The summed E-state index contributed by atoms with van der Waals surface area (Å²) in [5.41, 5.74) is 5.06. The van der Waals surface area contributed by atoms with Gasteiger partial charge in [0.2, 0.25) is 5.91 Å². The van der Waals surface area contributed by atoms with Crippen LogP contribution in [0.3, 0.4) is 0 Å². The summed E-state index contributed by atoms with van der Waals surface area (Å²) in [7, 11) is 1.71. The summed E-state index contributed by atoms with van der Waals surface area (Å²) < 4.78 is 2.17. The maximum Gasteiger partial charge on any atom is 0.271 e. The Morgan fingerprint density at radius 1 is 1.12 bits per heavy atom. The lowest BCUT2D eigenvalue weighted by atomic mass is 10.1. The van der Waals surface area contributed by atoms with Crippen molar-refractivity contribution in [1.82, 2.24) is 14.9 Å². The average Bonchev–Trinajstić information content (AvgIpc) is 3.23. The van der Waals surface area contributed by atoms with Gasteiger partial charge in [-0.2, -0.15) is 0 Å². The van der Waals surface area contributed by atoms with E-state index >= 15 is 0 Å². The Bertz CT molecular complexity index is 1280. The molecule has 0 unspecified atom stereocenters. The number of fused-ring (bicyclic) bond motifs is 1. The van der Waals surface area contributed by atoms with Crippen molar-refractivity contribution in [3.63, 3.8) is 0 Å². The first-order valence-corrected chi connectivity index (χ1v) is 12.4. The number of amides is 1. The molecule has 0 aliphatic carbocycles. The lowest BCUT2D eigenvalue weighted by Crippen LogP contribution is -2.27. The van der Waals surface area contributed by atoms with E-state index in [1.165, 1.54) is 38.8 Å². The molecular weight excluding hydrogens is 438 g/mol. The standard InChI is InChI=1S/C25H25N3O2S2/c1-17-10-12-19(13-11-17)20-15-31-23-22(20)27-25(28(2)24(23)30)32-16-21(29)26-14-6-9-18-7-4-3-5-8-18/h3-5,7-8,10-13,15H,6,9,14,16H2,1-2H3,(H,26,29). The molecular formula is C25H25N3O2S2. The topological polar surface area (TPSA) is 64.0 Å². The number of hydrogen-bond acceptors (Lipinski definition) is 5. The fourth-order valence-electron chi connectivity index (χ4n) is 3.44. The monoisotopic (exact) mass is 463 g/mol. The Balaban J connectivity index is 1.41. The number of benzene rings is 2. The quantitative estimate of drug-likeness (QED) is 0.231. The number of carbonyl (C=O) groups excluding carboxylic acids is 1. The molecule has 0 bridgehead atoms. The zero-order chi connectivity index (χ0) is 22.5. The van der Waals surface area contributed by atoms with Gasteiger partial charge in [-0.25, -0.2) is 4.98 Å². The summed E-state index contributed by atoms with van der Waals surface area (Å²) in [5.74, 6) is 0.169. The number of hydrogen-bond donors (Lipinski definition) is 1. The van der Waals surface area contributed by atoms with Crippen molar-refractivity contribution < 1.29 is 4.79 Å². The first-order valence-electron chi connectivity index (χ1n) is 10.5. The van der Waals surface area contributed by atoms with Crippen LogP contribution in [0, 0.1) is 6.92 Å². The van der Waals surface area contributed by atoms with Gasteiger partial charge in [0, 0.05) is 24.5 Å². The molecule has 2 heterocycles. The Hall–Kier alpha value is -2.90. The molecule has 0 saturated carbocycles. The largest absolute Gasteiger partial charge is 0.355 e. The van der Waals surface area contributed by atoms with Crippen LogP contribution >= 0.6 is 23.1 Å². The van der Waals surface area contributed by atoms with Gasteiger partial charge in [-0.3, -0.25) is 14.2 Å². The van der Waals surface area contributed by atoms with Crippen molar-refractivity contribution in [2.45, 2.75) is 24.9 Å². The third kappa shape index (κ3) is 5.11. The highest BCUT2D eigenvalue weighted by Crippen LogP contribution is 2.32. The maximum absolute atomic E-state index is 12.9. The molecule has 7 heteroatoms. The second kappa shape index (κ2) is 10.1. The van der Waals surface area contributed by atoms with Crippen molar-refractivity contribution in [3.05, 3.63) is 81.5 Å². The summed E-state index contributed by atoms with van der Waals surface area (Å²) in [6.45, 7) is 2.67. The van der Waals surface area contributed by atoms with Crippen molar-refractivity contribution in [1.29, 1.82) is 0 Å². The summed E-state index contributed by atoms with van der Waals surface area (Å²) in [5, 5.41) is 5.49. The minimum absolute atomic E-state index is 0.0542. The molecule has 0 radical (unpaired) electrons. The molecule has 164 valence electrons. The maximum atomic E-state index is 12.9. The van der Waals surface area contributed by atoms with Crippen LogP contribution < -0.4 is 10.9 Å². The van der Waals surface area contributed by atoms with Crippen molar-refractivity contribution in [2.75, 3.05) is 12.3 Å². The van der Waals surface area contributed by atoms with Crippen LogP contribution in [0.5, 0.6) is 0 Å². The van der Waals surface area contributed by atoms with Crippen LogP contribution in [0.4, 0.5) is 0 Å². The number of rotatable bonds is 8. The van der Waals surface area contributed by atoms with E-state index in [-0.39, 0.29) is 17.2 Å². The fraction of sp³-hybridized carbons (Fsp3) is 0.240. The van der Waals surface area contributed by atoms with Crippen LogP contribution in [0.2, 0.25) is 0 Å². The van der Waals surface area contributed by atoms with Gasteiger partial charge >= 0.3 is 0 Å². The van der Waals surface area contributed by atoms with Crippen molar-refractivity contribution in [3.8, 4) is 11.1 Å². The first kappa shape index (κ1) is 22.3. The van der Waals surface area contributed by atoms with Gasteiger partial charge < -0.3 is 5.32 Å². The number of aryl methyl sites for hydroxylation is 2. The van der Waals surface area contributed by atoms with Gasteiger partial charge in [-0.15, -0.1) is 11.3 Å². The normalized spacial score (nSPS) is 11.1. The number of nitrogens with zero attached hydrogens (tertiary/aromatic N) is 2. The van der Waals surface area contributed by atoms with E-state index in [4.69, 9.17) is 4.98 Å². The molecule has 2 aromatic carbocycles. The van der Waals surface area contributed by atoms with Crippen LogP contribution in [-0.4, -0.2) is 27.8 Å². The predicted octanol–water partition coefficient (Wildman–Crippen LogP) is 4.81. The molecule has 2 aromatic heterocycles. The molecule has 0 aliphatic heterocycles. The molecule has 1 amide bonds. The van der Waals surface area contributed by atoms with Gasteiger partial charge in [-0.05, 0) is 30.9 Å². The number of aromatic nitrogens is 2. The SMILES string of the molecule is Cc1ccc(-c2csc3c(=O)n(C)c(SCC(=O)NCCCc4ccccc4)nc23)cc1. The highest BCUT2D eigenvalue weighted by molar-refractivity contribution is 7.99. The van der Waals surface area contributed by atoms with Crippen molar-refractivity contribution in [2.24, 2.45) is 7.05 Å². The summed E-state index contributed by atoms with van der Waals surface area (Å²) >= 11 is 2.71. The Morgan fingerprint density at radius 3 is 2.62 bits per heavy atom. The molecule has 0 atom stereocenters. The van der Waals surface area contributed by atoms with Crippen LogP contribution in [0.1, 0.15) is 17.5 Å². The third-order valence-electron chi connectivity index (χ3n) is 5.26. The molecule has 5 nitrogen and oxygen atoms in total.